The van der Waals surface area contributed by atoms with Gasteiger partial charge in [-0.25, -0.2) is 8.78 Å². The molecule has 0 amide bonds. The van der Waals surface area contributed by atoms with Crippen molar-refractivity contribution >= 4 is 0 Å². The van der Waals surface area contributed by atoms with Gasteiger partial charge in [-0.05, 0) is 23.5 Å². The molecule has 0 radical (unpaired) electrons. The van der Waals surface area contributed by atoms with Crippen LogP contribution in [0.4, 0.5) is 8.78 Å². The molecule has 1 aromatic carbocycles. The topological polar surface area (TPSA) is 29.5 Å². The van der Waals surface area contributed by atoms with Crippen LogP contribution in [-0.2, 0) is 4.74 Å². The molecule has 2 rings (SSSR count). The van der Waals surface area contributed by atoms with Crippen LogP contribution >= 0.6 is 0 Å². The smallest absolute Gasteiger partial charge is 0.261 e. The highest BCUT2D eigenvalue weighted by molar-refractivity contribution is 5.35. The normalized spacial score (nSPS) is 28.2. The number of aliphatic hydroxyl groups is 1. The summed E-state index contributed by atoms with van der Waals surface area (Å²) in [5, 5.41) is 10.1. The molecule has 0 aliphatic heterocycles. The van der Waals surface area contributed by atoms with E-state index < -0.39 is 25.2 Å². The van der Waals surface area contributed by atoms with Crippen LogP contribution in [0.25, 0.3) is 0 Å². The van der Waals surface area contributed by atoms with Gasteiger partial charge in [-0.15, -0.1) is 0 Å². The average molecular weight is 242 g/mol. The fourth-order valence-electron chi connectivity index (χ4n) is 2.39. The SMILES string of the molecule is CC1CC(OCC(F)F)C(O)c2ccccc21. The van der Waals surface area contributed by atoms with Crippen molar-refractivity contribution < 1.29 is 18.6 Å². The van der Waals surface area contributed by atoms with Crippen molar-refractivity contribution in [2.45, 2.75) is 37.9 Å². The molecule has 0 heterocycles. The lowest BCUT2D eigenvalue weighted by molar-refractivity contribution is -0.0856. The van der Waals surface area contributed by atoms with E-state index in [0.29, 0.717) is 6.42 Å². The van der Waals surface area contributed by atoms with Crippen molar-refractivity contribution in [3.8, 4) is 0 Å². The van der Waals surface area contributed by atoms with Crippen molar-refractivity contribution in [2.24, 2.45) is 0 Å². The third-order valence-electron chi connectivity index (χ3n) is 3.22. The molecule has 3 unspecified atom stereocenters. The van der Waals surface area contributed by atoms with Gasteiger partial charge < -0.3 is 9.84 Å². The molecule has 4 heteroatoms. The second kappa shape index (κ2) is 5.10. The Bertz CT molecular complexity index is 381. The number of hydrogen-bond donors (Lipinski definition) is 1. The molecule has 1 N–H and O–H groups in total. The average Bonchev–Trinajstić information content (AvgIpc) is 2.32. The van der Waals surface area contributed by atoms with Gasteiger partial charge in [-0.3, -0.25) is 0 Å². The second-order valence-electron chi connectivity index (χ2n) is 4.47. The highest BCUT2D eigenvalue weighted by atomic mass is 19.3. The molecule has 1 aliphatic carbocycles. The van der Waals surface area contributed by atoms with Crippen molar-refractivity contribution in [2.75, 3.05) is 6.61 Å². The Hall–Kier alpha value is -1.00. The molecular formula is C13H16F2O2. The summed E-state index contributed by atoms with van der Waals surface area (Å²) in [5.74, 6) is 0.220. The van der Waals surface area contributed by atoms with Gasteiger partial charge in [-0.1, -0.05) is 31.2 Å². The van der Waals surface area contributed by atoms with Gasteiger partial charge in [0.1, 0.15) is 12.7 Å². The van der Waals surface area contributed by atoms with Gasteiger partial charge in [0.05, 0.1) is 6.10 Å². The maximum atomic E-state index is 12.1. The molecule has 3 atom stereocenters. The molecule has 94 valence electrons. The molecule has 0 bridgehead atoms. The lowest BCUT2D eigenvalue weighted by atomic mass is 9.80. The van der Waals surface area contributed by atoms with E-state index in [0.717, 1.165) is 11.1 Å². The summed E-state index contributed by atoms with van der Waals surface area (Å²) in [4.78, 5) is 0. The van der Waals surface area contributed by atoms with Crippen molar-refractivity contribution in [1.82, 2.24) is 0 Å². The first-order chi connectivity index (χ1) is 8.09. The Morgan fingerprint density at radius 2 is 2.00 bits per heavy atom. The number of benzene rings is 1. The highest BCUT2D eigenvalue weighted by Crippen LogP contribution is 2.38. The molecule has 0 spiro atoms. The minimum absolute atomic E-state index is 0.220. The number of aliphatic hydroxyl groups excluding tert-OH is 1. The van der Waals surface area contributed by atoms with Crippen LogP contribution in [-0.4, -0.2) is 24.2 Å². The number of halogens is 2. The van der Waals surface area contributed by atoms with E-state index in [2.05, 4.69) is 0 Å². The van der Waals surface area contributed by atoms with E-state index >= 15 is 0 Å². The van der Waals surface area contributed by atoms with Gasteiger partial charge in [-0.2, -0.15) is 0 Å². The largest absolute Gasteiger partial charge is 0.386 e. The minimum Gasteiger partial charge on any atom is -0.386 e. The molecule has 2 nitrogen and oxygen atoms in total. The lowest BCUT2D eigenvalue weighted by Gasteiger charge is -2.33. The van der Waals surface area contributed by atoms with Crippen molar-refractivity contribution in [1.29, 1.82) is 0 Å². The van der Waals surface area contributed by atoms with Gasteiger partial charge in [0.15, 0.2) is 0 Å². The highest BCUT2D eigenvalue weighted by Gasteiger charge is 2.32. The molecule has 0 saturated carbocycles. The van der Waals surface area contributed by atoms with Gasteiger partial charge in [0.25, 0.3) is 6.43 Å². The first-order valence-corrected chi connectivity index (χ1v) is 5.76. The number of ether oxygens (including phenoxy) is 1. The Balaban J connectivity index is 2.15. The van der Waals surface area contributed by atoms with E-state index in [9.17, 15) is 13.9 Å². The Morgan fingerprint density at radius 3 is 2.65 bits per heavy atom. The van der Waals surface area contributed by atoms with E-state index in [1.807, 2.05) is 31.2 Å². The fourth-order valence-corrected chi connectivity index (χ4v) is 2.39. The van der Waals surface area contributed by atoms with Crippen LogP contribution < -0.4 is 0 Å². The number of alkyl halides is 2. The molecule has 1 aliphatic rings. The molecule has 0 aromatic heterocycles. The quantitative estimate of drug-likeness (QED) is 0.883. The van der Waals surface area contributed by atoms with Crippen LogP contribution in [0.1, 0.15) is 36.5 Å². The summed E-state index contributed by atoms with van der Waals surface area (Å²) < 4.78 is 29.3. The first kappa shape index (κ1) is 12.5. The summed E-state index contributed by atoms with van der Waals surface area (Å²) in [5.41, 5.74) is 1.88. The fraction of sp³-hybridized carbons (Fsp3) is 0.538. The summed E-state index contributed by atoms with van der Waals surface area (Å²) in [6.45, 7) is 1.40. The van der Waals surface area contributed by atoms with E-state index in [1.165, 1.54) is 0 Å². The third-order valence-corrected chi connectivity index (χ3v) is 3.22. The first-order valence-electron chi connectivity index (χ1n) is 5.76. The van der Waals surface area contributed by atoms with Crippen LogP contribution in [0.15, 0.2) is 24.3 Å². The molecule has 1 aromatic rings. The Kier molecular flexibility index (Phi) is 3.74. The van der Waals surface area contributed by atoms with E-state index in [1.54, 1.807) is 0 Å². The zero-order valence-electron chi connectivity index (χ0n) is 9.64. The Morgan fingerprint density at radius 1 is 1.35 bits per heavy atom. The summed E-state index contributed by atoms with van der Waals surface area (Å²) >= 11 is 0. The third kappa shape index (κ3) is 2.64. The number of rotatable bonds is 3. The van der Waals surface area contributed by atoms with Crippen LogP contribution in [0.5, 0.6) is 0 Å². The van der Waals surface area contributed by atoms with Crippen LogP contribution in [0, 0.1) is 0 Å². The van der Waals surface area contributed by atoms with Crippen molar-refractivity contribution in [3.05, 3.63) is 35.4 Å². The molecular weight excluding hydrogens is 226 g/mol. The summed E-state index contributed by atoms with van der Waals surface area (Å²) in [6.07, 6.45) is -3.25. The molecule has 0 fully saturated rings. The minimum atomic E-state index is -2.49. The summed E-state index contributed by atoms with van der Waals surface area (Å²) in [6, 6.07) is 7.55. The maximum absolute atomic E-state index is 12.1. The predicted octanol–water partition coefficient (Wildman–Crippen LogP) is 2.88. The van der Waals surface area contributed by atoms with Crippen LogP contribution in [0.2, 0.25) is 0 Å². The standard InChI is InChI=1S/C13H16F2O2/c1-8-6-11(17-7-12(14)15)13(16)10-5-3-2-4-9(8)10/h2-5,8,11-13,16H,6-7H2,1H3. The van der Waals surface area contributed by atoms with E-state index in [-0.39, 0.29) is 5.92 Å². The van der Waals surface area contributed by atoms with Gasteiger partial charge in [0.2, 0.25) is 0 Å². The monoisotopic (exact) mass is 242 g/mol. The van der Waals surface area contributed by atoms with Gasteiger partial charge in [0, 0.05) is 0 Å². The molecule has 0 saturated heterocycles. The summed E-state index contributed by atoms with van der Waals surface area (Å²) in [7, 11) is 0. The predicted molar refractivity (Wildman–Crippen MR) is 60.2 cm³/mol. The zero-order chi connectivity index (χ0) is 12.4. The number of hydrogen-bond acceptors (Lipinski definition) is 2. The number of fused-ring (bicyclic) bond motifs is 1. The zero-order valence-corrected chi connectivity index (χ0v) is 9.64. The second-order valence-corrected chi connectivity index (χ2v) is 4.47. The molecule has 17 heavy (non-hydrogen) atoms. The van der Waals surface area contributed by atoms with Gasteiger partial charge >= 0.3 is 0 Å². The lowest BCUT2D eigenvalue weighted by Crippen LogP contribution is -2.31. The van der Waals surface area contributed by atoms with Crippen LogP contribution in [0.3, 0.4) is 0 Å². The van der Waals surface area contributed by atoms with Crippen molar-refractivity contribution in [3.63, 3.8) is 0 Å². The Labute approximate surface area is 99.2 Å². The van der Waals surface area contributed by atoms with E-state index in [4.69, 9.17) is 4.74 Å². The maximum Gasteiger partial charge on any atom is 0.261 e.